The number of amides is 1. The first-order valence-corrected chi connectivity index (χ1v) is 8.25. The molecule has 0 saturated carbocycles. The van der Waals surface area contributed by atoms with Gasteiger partial charge in [0.1, 0.15) is 23.9 Å². The molecule has 2 aromatic rings. The van der Waals surface area contributed by atoms with Crippen molar-refractivity contribution in [3.05, 3.63) is 53.6 Å². The Kier molecular flexibility index (Phi) is 6.69. The Morgan fingerprint density at radius 2 is 1.72 bits per heavy atom. The summed E-state index contributed by atoms with van der Waals surface area (Å²) in [5.41, 5.74) is 2.19. The van der Waals surface area contributed by atoms with E-state index in [1.807, 2.05) is 63.2 Å². The van der Waals surface area contributed by atoms with E-state index in [0.29, 0.717) is 6.61 Å². The first-order valence-electron chi connectivity index (χ1n) is 8.25. The zero-order valence-corrected chi connectivity index (χ0v) is 15.2. The van der Waals surface area contributed by atoms with E-state index in [9.17, 15) is 4.79 Å². The summed E-state index contributed by atoms with van der Waals surface area (Å²) in [6.45, 7) is 6.24. The lowest BCUT2D eigenvalue weighted by atomic mass is 10.1. The molecule has 1 N–H and O–H groups in total. The van der Waals surface area contributed by atoms with Crippen molar-refractivity contribution < 1.29 is 19.0 Å². The maximum Gasteiger partial charge on any atom is 0.258 e. The van der Waals surface area contributed by atoms with Crippen LogP contribution in [0.25, 0.3) is 0 Å². The van der Waals surface area contributed by atoms with Crippen LogP contribution in [0, 0.1) is 13.8 Å². The summed E-state index contributed by atoms with van der Waals surface area (Å²) < 4.78 is 16.4. The minimum Gasteiger partial charge on any atom is -0.497 e. The van der Waals surface area contributed by atoms with Gasteiger partial charge in [0.25, 0.3) is 5.91 Å². The molecule has 2 aromatic carbocycles. The molecule has 5 nitrogen and oxygen atoms in total. The van der Waals surface area contributed by atoms with Crippen molar-refractivity contribution in [2.45, 2.75) is 26.8 Å². The molecule has 1 amide bonds. The Morgan fingerprint density at radius 1 is 1.04 bits per heavy atom. The first-order chi connectivity index (χ1) is 12.0. The Balaban J connectivity index is 1.74. The highest BCUT2D eigenvalue weighted by Crippen LogP contribution is 2.20. The number of benzene rings is 2. The van der Waals surface area contributed by atoms with Gasteiger partial charge in [-0.1, -0.05) is 12.1 Å². The zero-order valence-electron chi connectivity index (χ0n) is 15.2. The number of hydrogen-bond acceptors (Lipinski definition) is 4. The van der Waals surface area contributed by atoms with Crippen molar-refractivity contribution in [3.8, 4) is 17.2 Å². The molecule has 5 heteroatoms. The molecule has 1 atom stereocenters. The number of methoxy groups -OCH3 is 1. The topological polar surface area (TPSA) is 56.8 Å². The second kappa shape index (κ2) is 8.97. The summed E-state index contributed by atoms with van der Waals surface area (Å²) in [5.74, 6) is 2.06. The number of nitrogens with one attached hydrogen (secondary N) is 1. The van der Waals surface area contributed by atoms with Gasteiger partial charge >= 0.3 is 0 Å². The monoisotopic (exact) mass is 343 g/mol. The van der Waals surface area contributed by atoms with Crippen LogP contribution in [0.4, 0.5) is 0 Å². The predicted octanol–water partition coefficient (Wildman–Crippen LogP) is 3.27. The van der Waals surface area contributed by atoms with Crippen molar-refractivity contribution in [2.24, 2.45) is 0 Å². The third kappa shape index (κ3) is 5.71. The normalized spacial score (nSPS) is 11.5. The fraction of sp³-hybridized carbons (Fsp3) is 0.350. The molecule has 134 valence electrons. The standard InChI is InChI=1S/C20H25NO4/c1-14-6-5-7-19(16(14)3)25-13-20(22)21-15(2)12-24-18-10-8-17(23-4)9-11-18/h5-11,15H,12-13H2,1-4H3,(H,21,22). The van der Waals surface area contributed by atoms with Crippen molar-refractivity contribution >= 4 is 5.91 Å². The van der Waals surface area contributed by atoms with E-state index < -0.39 is 0 Å². The van der Waals surface area contributed by atoms with Crippen LogP contribution < -0.4 is 19.5 Å². The number of ether oxygens (including phenoxy) is 3. The fourth-order valence-corrected chi connectivity index (χ4v) is 2.28. The van der Waals surface area contributed by atoms with E-state index in [1.54, 1.807) is 7.11 Å². The van der Waals surface area contributed by atoms with Crippen LogP contribution in [-0.2, 0) is 4.79 Å². The lowest BCUT2D eigenvalue weighted by Gasteiger charge is -2.16. The molecule has 25 heavy (non-hydrogen) atoms. The highest BCUT2D eigenvalue weighted by atomic mass is 16.5. The van der Waals surface area contributed by atoms with Crippen molar-refractivity contribution in [2.75, 3.05) is 20.3 Å². The van der Waals surface area contributed by atoms with Crippen LogP contribution in [0.2, 0.25) is 0 Å². The van der Waals surface area contributed by atoms with E-state index in [4.69, 9.17) is 14.2 Å². The molecular weight excluding hydrogens is 318 g/mol. The average Bonchev–Trinajstić information content (AvgIpc) is 2.61. The Labute approximate surface area is 148 Å². The molecule has 2 rings (SSSR count). The summed E-state index contributed by atoms with van der Waals surface area (Å²) in [5, 5.41) is 2.86. The molecule has 0 aliphatic rings. The molecule has 0 fully saturated rings. The van der Waals surface area contributed by atoms with Gasteiger partial charge in [-0.25, -0.2) is 0 Å². The van der Waals surface area contributed by atoms with Gasteiger partial charge in [0, 0.05) is 0 Å². The van der Waals surface area contributed by atoms with E-state index >= 15 is 0 Å². The maximum absolute atomic E-state index is 12.0. The SMILES string of the molecule is COc1ccc(OCC(C)NC(=O)COc2cccc(C)c2C)cc1. The lowest BCUT2D eigenvalue weighted by molar-refractivity contribution is -0.123. The maximum atomic E-state index is 12.0. The van der Waals surface area contributed by atoms with E-state index in [1.165, 1.54) is 0 Å². The molecular formula is C20H25NO4. The summed E-state index contributed by atoms with van der Waals surface area (Å²) in [6, 6.07) is 13.0. The van der Waals surface area contributed by atoms with Gasteiger partial charge in [-0.3, -0.25) is 4.79 Å². The van der Waals surface area contributed by atoms with Gasteiger partial charge in [-0.15, -0.1) is 0 Å². The Morgan fingerprint density at radius 3 is 2.40 bits per heavy atom. The molecule has 0 aromatic heterocycles. The van der Waals surface area contributed by atoms with E-state index in [2.05, 4.69) is 5.32 Å². The van der Waals surface area contributed by atoms with E-state index in [-0.39, 0.29) is 18.6 Å². The molecule has 0 heterocycles. The smallest absolute Gasteiger partial charge is 0.258 e. The lowest BCUT2D eigenvalue weighted by Crippen LogP contribution is -2.39. The van der Waals surface area contributed by atoms with Crippen molar-refractivity contribution in [1.82, 2.24) is 5.32 Å². The molecule has 1 unspecified atom stereocenters. The number of carbonyl (C=O) groups is 1. The molecule has 0 aliphatic carbocycles. The third-order valence-corrected chi connectivity index (χ3v) is 3.88. The highest BCUT2D eigenvalue weighted by molar-refractivity contribution is 5.77. The summed E-state index contributed by atoms with van der Waals surface area (Å²) in [6.07, 6.45) is 0. The first kappa shape index (κ1) is 18.6. The largest absolute Gasteiger partial charge is 0.497 e. The van der Waals surface area contributed by atoms with E-state index in [0.717, 1.165) is 28.4 Å². The Hall–Kier alpha value is -2.69. The van der Waals surface area contributed by atoms with Gasteiger partial charge in [-0.05, 0) is 62.2 Å². The minimum absolute atomic E-state index is 0.0167. The van der Waals surface area contributed by atoms with Crippen molar-refractivity contribution in [3.63, 3.8) is 0 Å². The van der Waals surface area contributed by atoms with Crippen LogP contribution in [-0.4, -0.2) is 32.3 Å². The van der Waals surface area contributed by atoms with Crippen LogP contribution in [0.1, 0.15) is 18.1 Å². The van der Waals surface area contributed by atoms with Crippen LogP contribution >= 0.6 is 0 Å². The predicted molar refractivity (Wildman–Crippen MR) is 97.5 cm³/mol. The van der Waals surface area contributed by atoms with Crippen LogP contribution in [0.15, 0.2) is 42.5 Å². The molecule has 0 bridgehead atoms. The zero-order chi connectivity index (χ0) is 18.2. The van der Waals surface area contributed by atoms with Gasteiger partial charge in [0.2, 0.25) is 0 Å². The van der Waals surface area contributed by atoms with Crippen molar-refractivity contribution in [1.29, 1.82) is 0 Å². The van der Waals surface area contributed by atoms with Gasteiger partial charge in [0.05, 0.1) is 13.2 Å². The Bertz CT molecular complexity index is 697. The van der Waals surface area contributed by atoms with Gasteiger partial charge in [-0.2, -0.15) is 0 Å². The molecule has 0 spiro atoms. The molecule has 0 radical (unpaired) electrons. The summed E-state index contributed by atoms with van der Waals surface area (Å²) >= 11 is 0. The molecule has 0 saturated heterocycles. The third-order valence-electron chi connectivity index (χ3n) is 3.88. The highest BCUT2D eigenvalue weighted by Gasteiger charge is 2.10. The average molecular weight is 343 g/mol. The second-order valence-corrected chi connectivity index (χ2v) is 5.94. The summed E-state index contributed by atoms with van der Waals surface area (Å²) in [4.78, 5) is 12.0. The quantitative estimate of drug-likeness (QED) is 0.799. The second-order valence-electron chi connectivity index (χ2n) is 5.94. The van der Waals surface area contributed by atoms with Gasteiger partial charge in [0.15, 0.2) is 6.61 Å². The number of hydrogen-bond donors (Lipinski definition) is 1. The minimum atomic E-state index is -0.174. The summed E-state index contributed by atoms with van der Waals surface area (Å²) in [7, 11) is 1.62. The number of rotatable bonds is 8. The van der Waals surface area contributed by atoms with Crippen LogP contribution in [0.3, 0.4) is 0 Å². The van der Waals surface area contributed by atoms with Crippen LogP contribution in [0.5, 0.6) is 17.2 Å². The molecule has 0 aliphatic heterocycles. The number of aryl methyl sites for hydroxylation is 1. The fourth-order valence-electron chi connectivity index (χ4n) is 2.28. The number of carbonyl (C=O) groups excluding carboxylic acids is 1. The van der Waals surface area contributed by atoms with Gasteiger partial charge < -0.3 is 19.5 Å².